The van der Waals surface area contributed by atoms with Gasteiger partial charge < -0.3 is 10.4 Å². The molecular formula is C9H10F3NO3. The summed E-state index contributed by atoms with van der Waals surface area (Å²) in [6.07, 6.45) is -3.67. The number of halogens is 3. The van der Waals surface area contributed by atoms with Crippen LogP contribution < -0.4 is 5.32 Å². The summed E-state index contributed by atoms with van der Waals surface area (Å²) in [7, 11) is 0. The number of hydrogen-bond acceptors (Lipinski definition) is 2. The Hall–Kier alpha value is -1.27. The molecule has 4 nitrogen and oxygen atoms in total. The van der Waals surface area contributed by atoms with Crippen LogP contribution in [0.5, 0.6) is 0 Å². The zero-order valence-corrected chi connectivity index (χ0v) is 8.23. The zero-order valence-electron chi connectivity index (χ0n) is 8.23. The van der Waals surface area contributed by atoms with Crippen LogP contribution in [-0.4, -0.2) is 28.7 Å². The predicted octanol–water partition coefficient (Wildman–Crippen LogP) is 1.06. The number of carboxylic acid groups (broad SMARTS) is 1. The topological polar surface area (TPSA) is 66.4 Å². The lowest BCUT2D eigenvalue weighted by molar-refractivity contribution is -0.175. The summed E-state index contributed by atoms with van der Waals surface area (Å²) in [5.41, 5.74) is -2.32. The van der Waals surface area contributed by atoms with Gasteiger partial charge in [0.25, 0.3) is 0 Å². The van der Waals surface area contributed by atoms with Gasteiger partial charge in [0.2, 0.25) is 0 Å². The molecule has 2 aliphatic rings. The second-order valence-electron chi connectivity index (χ2n) is 4.42. The predicted molar refractivity (Wildman–Crippen MR) is 45.5 cm³/mol. The Bertz CT molecular complexity index is 356. The van der Waals surface area contributed by atoms with Gasteiger partial charge >= 0.3 is 18.1 Å². The number of amides is 1. The third kappa shape index (κ3) is 1.45. The van der Waals surface area contributed by atoms with Crippen LogP contribution in [0.15, 0.2) is 0 Å². The highest BCUT2D eigenvalue weighted by Gasteiger charge is 2.71. The Kier molecular flexibility index (Phi) is 2.03. The van der Waals surface area contributed by atoms with Crippen molar-refractivity contribution in [3.63, 3.8) is 0 Å². The van der Waals surface area contributed by atoms with Gasteiger partial charge in [-0.3, -0.25) is 9.59 Å². The molecule has 0 heterocycles. The van der Waals surface area contributed by atoms with Crippen LogP contribution in [0, 0.1) is 5.41 Å². The molecule has 0 atom stereocenters. The first-order chi connectivity index (χ1) is 7.24. The molecule has 0 unspecified atom stereocenters. The Morgan fingerprint density at radius 3 is 1.88 bits per heavy atom. The van der Waals surface area contributed by atoms with Gasteiger partial charge in [0, 0.05) is 0 Å². The van der Waals surface area contributed by atoms with E-state index < -0.39 is 29.0 Å². The van der Waals surface area contributed by atoms with Crippen LogP contribution >= 0.6 is 0 Å². The van der Waals surface area contributed by atoms with Crippen molar-refractivity contribution in [3.05, 3.63) is 0 Å². The van der Waals surface area contributed by atoms with Gasteiger partial charge in [-0.05, 0) is 25.7 Å². The van der Waals surface area contributed by atoms with Gasteiger partial charge in [-0.25, -0.2) is 0 Å². The number of carbonyl (C=O) groups is 2. The Labute approximate surface area is 88.8 Å². The van der Waals surface area contributed by atoms with E-state index in [0.29, 0.717) is 25.7 Å². The smallest absolute Gasteiger partial charge is 0.471 e. The molecule has 0 aromatic carbocycles. The molecule has 1 amide bonds. The fourth-order valence-electron chi connectivity index (χ4n) is 2.16. The summed E-state index contributed by atoms with van der Waals surface area (Å²) < 4.78 is 36.2. The Morgan fingerprint density at radius 1 is 1.12 bits per heavy atom. The number of carbonyl (C=O) groups excluding carboxylic acids is 1. The molecule has 2 fully saturated rings. The maximum atomic E-state index is 12.1. The first-order valence-electron chi connectivity index (χ1n) is 4.86. The monoisotopic (exact) mass is 237 g/mol. The lowest BCUT2D eigenvalue weighted by Crippen LogP contribution is -2.51. The molecule has 0 bridgehead atoms. The van der Waals surface area contributed by atoms with Crippen molar-refractivity contribution in [3.8, 4) is 0 Å². The van der Waals surface area contributed by atoms with E-state index in [0.717, 1.165) is 0 Å². The molecule has 2 aliphatic carbocycles. The molecule has 90 valence electrons. The number of carboxylic acids is 1. The highest BCUT2D eigenvalue weighted by molar-refractivity contribution is 5.86. The van der Waals surface area contributed by atoms with Crippen LogP contribution in [0.25, 0.3) is 0 Å². The first-order valence-corrected chi connectivity index (χ1v) is 4.86. The van der Waals surface area contributed by atoms with E-state index in [1.165, 1.54) is 0 Å². The maximum absolute atomic E-state index is 12.1. The van der Waals surface area contributed by atoms with E-state index in [-0.39, 0.29) is 0 Å². The van der Waals surface area contributed by atoms with Crippen molar-refractivity contribution in [2.75, 3.05) is 0 Å². The number of hydrogen-bond donors (Lipinski definition) is 2. The van der Waals surface area contributed by atoms with Crippen LogP contribution in [0.2, 0.25) is 0 Å². The van der Waals surface area contributed by atoms with E-state index in [9.17, 15) is 22.8 Å². The van der Waals surface area contributed by atoms with Gasteiger partial charge in [-0.1, -0.05) is 0 Å². The third-order valence-corrected chi connectivity index (χ3v) is 3.44. The van der Waals surface area contributed by atoms with Crippen LogP contribution in [-0.2, 0) is 9.59 Å². The van der Waals surface area contributed by atoms with E-state index in [4.69, 9.17) is 5.11 Å². The lowest BCUT2D eigenvalue weighted by atomic mass is 9.93. The second-order valence-corrected chi connectivity index (χ2v) is 4.42. The highest BCUT2D eigenvalue weighted by atomic mass is 19.4. The number of nitrogens with one attached hydrogen (secondary N) is 1. The average molecular weight is 237 g/mol. The first kappa shape index (κ1) is 11.2. The summed E-state index contributed by atoms with van der Waals surface area (Å²) in [5, 5.41) is 10.8. The lowest BCUT2D eigenvalue weighted by Gasteiger charge is -2.24. The minimum Gasteiger partial charge on any atom is -0.481 e. The minimum atomic E-state index is -4.95. The van der Waals surface area contributed by atoms with E-state index >= 15 is 0 Å². The minimum absolute atomic E-state index is 0.307. The zero-order chi connectivity index (χ0) is 12.2. The molecule has 0 saturated heterocycles. The van der Waals surface area contributed by atoms with Crippen molar-refractivity contribution < 1.29 is 27.9 Å². The molecule has 16 heavy (non-hydrogen) atoms. The molecule has 2 rings (SSSR count). The Morgan fingerprint density at radius 2 is 1.62 bits per heavy atom. The van der Waals surface area contributed by atoms with E-state index in [1.54, 1.807) is 0 Å². The SMILES string of the molecule is O=C(NC1(C2(C(=O)O)CC2)CC1)C(F)(F)F. The number of alkyl halides is 3. The van der Waals surface area contributed by atoms with Crippen molar-refractivity contribution in [2.24, 2.45) is 5.41 Å². The molecule has 0 spiro atoms. The number of rotatable bonds is 3. The third-order valence-electron chi connectivity index (χ3n) is 3.44. The normalized spacial score (nSPS) is 24.7. The molecule has 0 aromatic heterocycles. The fourth-order valence-corrected chi connectivity index (χ4v) is 2.16. The number of aliphatic carboxylic acids is 1. The molecule has 7 heteroatoms. The van der Waals surface area contributed by atoms with Gasteiger partial charge in [0.1, 0.15) is 0 Å². The van der Waals surface area contributed by atoms with Crippen molar-refractivity contribution in [1.29, 1.82) is 0 Å². The van der Waals surface area contributed by atoms with Crippen molar-refractivity contribution in [1.82, 2.24) is 5.32 Å². The van der Waals surface area contributed by atoms with Crippen molar-refractivity contribution in [2.45, 2.75) is 37.4 Å². The Balaban J connectivity index is 2.11. The standard InChI is InChI=1S/C9H10F3NO3/c10-9(11,12)5(14)13-8(3-4-8)7(1-2-7)6(15)16/h1-4H2,(H,13,14)(H,15,16). The van der Waals surface area contributed by atoms with Gasteiger partial charge in [0.05, 0.1) is 11.0 Å². The molecule has 0 radical (unpaired) electrons. The van der Waals surface area contributed by atoms with Gasteiger partial charge in [-0.2, -0.15) is 13.2 Å². The molecule has 0 aliphatic heterocycles. The second kappa shape index (κ2) is 2.89. The fraction of sp³-hybridized carbons (Fsp3) is 0.778. The maximum Gasteiger partial charge on any atom is 0.471 e. The summed E-state index contributed by atoms with van der Waals surface area (Å²) in [6, 6.07) is 0. The summed E-state index contributed by atoms with van der Waals surface area (Å²) >= 11 is 0. The summed E-state index contributed by atoms with van der Waals surface area (Å²) in [6.45, 7) is 0. The molecule has 0 aromatic rings. The summed E-state index contributed by atoms with van der Waals surface area (Å²) in [4.78, 5) is 21.8. The quantitative estimate of drug-likeness (QED) is 0.771. The van der Waals surface area contributed by atoms with Crippen LogP contribution in [0.4, 0.5) is 13.2 Å². The van der Waals surface area contributed by atoms with Crippen molar-refractivity contribution >= 4 is 11.9 Å². The average Bonchev–Trinajstić information content (AvgIpc) is 2.96. The summed E-state index contributed by atoms with van der Waals surface area (Å²) in [5.74, 6) is -3.16. The molecule has 2 saturated carbocycles. The molecule has 2 N–H and O–H groups in total. The largest absolute Gasteiger partial charge is 0.481 e. The van der Waals surface area contributed by atoms with Gasteiger partial charge in [-0.15, -0.1) is 0 Å². The van der Waals surface area contributed by atoms with Crippen LogP contribution in [0.3, 0.4) is 0 Å². The molecular weight excluding hydrogens is 227 g/mol. The van der Waals surface area contributed by atoms with Gasteiger partial charge in [0.15, 0.2) is 0 Å². The van der Waals surface area contributed by atoms with E-state index in [2.05, 4.69) is 0 Å². The van der Waals surface area contributed by atoms with E-state index in [1.807, 2.05) is 5.32 Å². The highest BCUT2D eigenvalue weighted by Crippen LogP contribution is 2.64. The van der Waals surface area contributed by atoms with Crippen LogP contribution in [0.1, 0.15) is 25.7 Å².